The van der Waals surface area contributed by atoms with E-state index in [-0.39, 0.29) is 0 Å². The molecule has 0 saturated carbocycles. The Morgan fingerprint density at radius 3 is 2.60 bits per heavy atom. The highest BCUT2D eigenvalue weighted by atomic mass is 35.5. The summed E-state index contributed by atoms with van der Waals surface area (Å²) in [5.74, 6) is 0.814. The molecule has 2 nitrogen and oxygen atoms in total. The van der Waals surface area contributed by atoms with Crippen LogP contribution in [0.25, 0.3) is 0 Å². The number of halogens is 1. The highest BCUT2D eigenvalue weighted by Crippen LogP contribution is 2.29. The van der Waals surface area contributed by atoms with E-state index in [2.05, 4.69) is 6.07 Å². The summed E-state index contributed by atoms with van der Waals surface area (Å²) in [7, 11) is 1.66. The molecule has 0 aliphatic heterocycles. The van der Waals surface area contributed by atoms with Crippen molar-refractivity contribution in [3.63, 3.8) is 0 Å². The molecule has 2 aromatic rings. The van der Waals surface area contributed by atoms with Gasteiger partial charge in [0.1, 0.15) is 5.75 Å². The molecule has 20 heavy (non-hydrogen) atoms. The maximum absolute atomic E-state index is 6.49. The average Bonchev–Trinajstić information content (AvgIpc) is 2.42. The molecule has 0 saturated heterocycles. The molecule has 1 unspecified atom stereocenters. The van der Waals surface area contributed by atoms with Crippen molar-refractivity contribution in [3.05, 3.63) is 64.2 Å². The van der Waals surface area contributed by atoms with Gasteiger partial charge in [0.05, 0.1) is 7.11 Å². The van der Waals surface area contributed by atoms with Crippen LogP contribution in [0.4, 0.5) is 0 Å². The predicted molar refractivity (Wildman–Crippen MR) is 84.4 cm³/mol. The molecule has 0 radical (unpaired) electrons. The first-order valence-electron chi connectivity index (χ1n) is 6.61. The van der Waals surface area contributed by atoms with Crippen LogP contribution >= 0.6 is 11.6 Å². The van der Waals surface area contributed by atoms with Gasteiger partial charge in [-0.1, -0.05) is 35.9 Å². The zero-order chi connectivity index (χ0) is 14.8. The molecule has 0 aromatic heterocycles. The Kier molecular flexibility index (Phi) is 4.36. The predicted octanol–water partition coefficient (Wildman–Crippen LogP) is 4.07. The number of hydrogen-bond acceptors (Lipinski definition) is 2. The molecule has 0 fully saturated rings. The zero-order valence-corrected chi connectivity index (χ0v) is 12.9. The van der Waals surface area contributed by atoms with E-state index >= 15 is 0 Å². The van der Waals surface area contributed by atoms with E-state index in [0.717, 1.165) is 27.5 Å². The third kappa shape index (κ3) is 3.33. The second-order valence-corrected chi connectivity index (χ2v) is 5.83. The molecule has 0 amide bonds. The van der Waals surface area contributed by atoms with Crippen LogP contribution < -0.4 is 10.5 Å². The minimum absolute atomic E-state index is 0.493. The first-order chi connectivity index (χ1) is 9.42. The van der Waals surface area contributed by atoms with Crippen molar-refractivity contribution in [2.75, 3.05) is 7.11 Å². The summed E-state index contributed by atoms with van der Waals surface area (Å²) in [5.41, 5.74) is 9.24. The lowest BCUT2D eigenvalue weighted by atomic mass is 9.86. The average molecular weight is 290 g/mol. The summed E-state index contributed by atoms with van der Waals surface area (Å²) in [6.45, 7) is 4.04. The largest absolute Gasteiger partial charge is 0.497 e. The quantitative estimate of drug-likeness (QED) is 0.921. The van der Waals surface area contributed by atoms with Gasteiger partial charge in [-0.2, -0.15) is 0 Å². The first kappa shape index (κ1) is 14.9. The van der Waals surface area contributed by atoms with Gasteiger partial charge in [0.25, 0.3) is 0 Å². The van der Waals surface area contributed by atoms with E-state index in [1.165, 1.54) is 0 Å². The van der Waals surface area contributed by atoms with E-state index in [1.807, 2.05) is 50.2 Å². The van der Waals surface area contributed by atoms with Gasteiger partial charge in [-0.05, 0) is 55.2 Å². The molecule has 0 aliphatic rings. The van der Waals surface area contributed by atoms with E-state index in [9.17, 15) is 0 Å². The lowest BCUT2D eigenvalue weighted by Crippen LogP contribution is -2.35. The summed E-state index contributed by atoms with van der Waals surface area (Å²) >= 11 is 6.30. The van der Waals surface area contributed by atoms with E-state index in [0.29, 0.717) is 6.42 Å². The second-order valence-electron chi connectivity index (χ2n) is 5.42. The van der Waals surface area contributed by atoms with E-state index < -0.39 is 5.54 Å². The molecular weight excluding hydrogens is 270 g/mol. The Labute approximate surface area is 125 Å². The number of hydrogen-bond donors (Lipinski definition) is 1. The molecule has 106 valence electrons. The van der Waals surface area contributed by atoms with Crippen LogP contribution in [0.2, 0.25) is 5.02 Å². The van der Waals surface area contributed by atoms with Gasteiger partial charge in [0, 0.05) is 10.6 Å². The number of ether oxygens (including phenoxy) is 1. The summed E-state index contributed by atoms with van der Waals surface area (Å²) in [6.07, 6.45) is 0.680. The van der Waals surface area contributed by atoms with Gasteiger partial charge in [-0.25, -0.2) is 0 Å². The van der Waals surface area contributed by atoms with Crippen molar-refractivity contribution in [3.8, 4) is 5.75 Å². The van der Waals surface area contributed by atoms with Crippen LogP contribution in [0.1, 0.15) is 23.6 Å². The first-order valence-corrected chi connectivity index (χ1v) is 6.98. The molecule has 2 N–H and O–H groups in total. The smallest absolute Gasteiger partial charge is 0.119 e. The Balaban J connectivity index is 2.29. The van der Waals surface area contributed by atoms with E-state index in [1.54, 1.807) is 7.11 Å². The summed E-state index contributed by atoms with van der Waals surface area (Å²) in [5, 5.41) is 0.768. The third-order valence-electron chi connectivity index (χ3n) is 3.50. The Morgan fingerprint density at radius 1 is 1.20 bits per heavy atom. The van der Waals surface area contributed by atoms with Gasteiger partial charge in [0.2, 0.25) is 0 Å². The maximum Gasteiger partial charge on any atom is 0.119 e. The van der Waals surface area contributed by atoms with Gasteiger partial charge < -0.3 is 10.5 Å². The zero-order valence-electron chi connectivity index (χ0n) is 12.1. The Hall–Kier alpha value is -1.51. The number of methoxy groups -OCH3 is 1. The highest BCUT2D eigenvalue weighted by Gasteiger charge is 2.23. The number of aryl methyl sites for hydroxylation is 1. The van der Waals surface area contributed by atoms with Crippen LogP contribution in [0.5, 0.6) is 5.75 Å². The van der Waals surface area contributed by atoms with Gasteiger partial charge in [-0.15, -0.1) is 0 Å². The van der Waals surface area contributed by atoms with Crippen molar-refractivity contribution in [1.29, 1.82) is 0 Å². The standard InChI is InChI=1S/C17H20ClNO/c1-12-7-8-13(16(18)9-12)11-17(2,19)14-5-4-6-15(10-14)20-3/h4-10H,11,19H2,1-3H3. The number of benzene rings is 2. The monoisotopic (exact) mass is 289 g/mol. The van der Waals surface area contributed by atoms with Crippen LogP contribution in [0.15, 0.2) is 42.5 Å². The summed E-state index contributed by atoms with van der Waals surface area (Å²) in [6, 6.07) is 13.9. The lowest BCUT2D eigenvalue weighted by molar-refractivity contribution is 0.410. The normalized spacial score (nSPS) is 13.8. The fourth-order valence-corrected chi connectivity index (χ4v) is 2.57. The molecule has 0 spiro atoms. The fourth-order valence-electron chi connectivity index (χ4n) is 2.27. The van der Waals surface area contributed by atoms with Gasteiger partial charge in [-0.3, -0.25) is 0 Å². The van der Waals surface area contributed by atoms with Crippen molar-refractivity contribution >= 4 is 11.6 Å². The van der Waals surface area contributed by atoms with Gasteiger partial charge >= 0.3 is 0 Å². The van der Waals surface area contributed by atoms with E-state index in [4.69, 9.17) is 22.1 Å². The van der Waals surface area contributed by atoms with Crippen LogP contribution in [-0.2, 0) is 12.0 Å². The van der Waals surface area contributed by atoms with Gasteiger partial charge in [0.15, 0.2) is 0 Å². The molecule has 1 atom stereocenters. The SMILES string of the molecule is COc1cccc(C(C)(N)Cc2ccc(C)cc2Cl)c1. The van der Waals surface area contributed by atoms with Crippen LogP contribution in [-0.4, -0.2) is 7.11 Å². The second kappa shape index (κ2) is 5.86. The molecule has 2 aromatic carbocycles. The minimum Gasteiger partial charge on any atom is -0.497 e. The Bertz CT molecular complexity index is 608. The van der Waals surface area contributed by atoms with Crippen molar-refractivity contribution < 1.29 is 4.74 Å². The van der Waals surface area contributed by atoms with Crippen molar-refractivity contribution in [1.82, 2.24) is 0 Å². The summed E-state index contributed by atoms with van der Waals surface area (Å²) < 4.78 is 5.26. The number of rotatable bonds is 4. The third-order valence-corrected chi connectivity index (χ3v) is 3.85. The fraction of sp³-hybridized carbons (Fsp3) is 0.294. The summed E-state index contributed by atoms with van der Waals surface area (Å²) in [4.78, 5) is 0. The van der Waals surface area contributed by atoms with Crippen molar-refractivity contribution in [2.24, 2.45) is 5.73 Å². The Morgan fingerprint density at radius 2 is 1.95 bits per heavy atom. The molecule has 2 rings (SSSR count). The van der Waals surface area contributed by atoms with Crippen LogP contribution in [0.3, 0.4) is 0 Å². The molecular formula is C17H20ClNO. The minimum atomic E-state index is -0.493. The molecule has 3 heteroatoms. The molecule has 0 aliphatic carbocycles. The lowest BCUT2D eigenvalue weighted by Gasteiger charge is -2.26. The maximum atomic E-state index is 6.49. The molecule has 0 bridgehead atoms. The van der Waals surface area contributed by atoms with Crippen LogP contribution in [0, 0.1) is 6.92 Å². The molecule has 0 heterocycles. The van der Waals surface area contributed by atoms with Crippen molar-refractivity contribution in [2.45, 2.75) is 25.8 Å². The topological polar surface area (TPSA) is 35.2 Å². The highest BCUT2D eigenvalue weighted by molar-refractivity contribution is 6.31. The number of nitrogens with two attached hydrogens (primary N) is 1.